The normalized spacial score (nSPS) is 10.2. The summed E-state index contributed by atoms with van der Waals surface area (Å²) in [5.41, 5.74) is 7.08. The highest BCUT2D eigenvalue weighted by molar-refractivity contribution is 7.80. The molecule has 0 fully saturated rings. The molecule has 2 rings (SSSR count). The summed E-state index contributed by atoms with van der Waals surface area (Å²) in [6, 6.07) is 7.26. The maximum absolute atomic E-state index is 5.61. The van der Waals surface area contributed by atoms with Crippen LogP contribution in [0.4, 0.5) is 5.69 Å². The predicted molar refractivity (Wildman–Crippen MR) is 50.8 cm³/mol. The summed E-state index contributed by atoms with van der Waals surface area (Å²) in [6.07, 6.45) is 0. The topological polar surface area (TPSA) is 69.6 Å². The van der Waals surface area contributed by atoms with Gasteiger partial charge in [0.25, 0.3) is 0 Å². The second-order valence-corrected chi connectivity index (χ2v) is 2.89. The zero-order chi connectivity index (χ0) is 9.26. The van der Waals surface area contributed by atoms with Gasteiger partial charge in [-0.1, -0.05) is 6.07 Å². The molecule has 66 valence electrons. The summed E-state index contributed by atoms with van der Waals surface area (Å²) in [4.78, 5) is 0. The number of rotatable bonds is 1. The third kappa shape index (κ3) is 1.48. The van der Waals surface area contributed by atoms with Gasteiger partial charge in [0.15, 0.2) is 0 Å². The SMILES string of the molecule is Nc1cccc(-n2nnnc2S)c1. The van der Waals surface area contributed by atoms with E-state index in [1.165, 1.54) is 4.68 Å². The van der Waals surface area contributed by atoms with Crippen LogP contribution in [0.25, 0.3) is 5.69 Å². The summed E-state index contributed by atoms with van der Waals surface area (Å²) in [6.45, 7) is 0. The van der Waals surface area contributed by atoms with E-state index in [9.17, 15) is 0 Å². The predicted octanol–water partition coefficient (Wildman–Crippen LogP) is 0.533. The number of hydrogen-bond acceptors (Lipinski definition) is 5. The van der Waals surface area contributed by atoms with Gasteiger partial charge >= 0.3 is 0 Å². The minimum atomic E-state index is 0.436. The van der Waals surface area contributed by atoms with Crippen LogP contribution in [0.15, 0.2) is 29.4 Å². The van der Waals surface area contributed by atoms with Crippen molar-refractivity contribution in [3.8, 4) is 5.69 Å². The Kier molecular flexibility index (Phi) is 1.90. The number of nitrogens with two attached hydrogens (primary N) is 1. The molecule has 2 N–H and O–H groups in total. The molecule has 0 spiro atoms. The van der Waals surface area contributed by atoms with Gasteiger partial charge < -0.3 is 5.73 Å². The highest BCUT2D eigenvalue weighted by Gasteiger charge is 2.02. The molecule has 5 nitrogen and oxygen atoms in total. The second-order valence-electron chi connectivity index (χ2n) is 2.49. The molecule has 1 heterocycles. The lowest BCUT2D eigenvalue weighted by atomic mass is 10.3. The van der Waals surface area contributed by atoms with E-state index in [-0.39, 0.29) is 0 Å². The highest BCUT2D eigenvalue weighted by atomic mass is 32.1. The molecule has 0 aliphatic heterocycles. The van der Waals surface area contributed by atoms with Crippen LogP contribution < -0.4 is 5.73 Å². The number of aromatic nitrogens is 4. The Labute approximate surface area is 80.0 Å². The monoisotopic (exact) mass is 193 g/mol. The standard InChI is InChI=1S/C7H7N5S/c8-5-2-1-3-6(4-5)12-7(13)9-10-11-12/h1-4H,8H2,(H,9,11,13). The molecule has 0 atom stereocenters. The van der Waals surface area contributed by atoms with Crippen LogP contribution in [-0.4, -0.2) is 20.2 Å². The molecule has 13 heavy (non-hydrogen) atoms. The molecule has 1 aromatic carbocycles. The van der Waals surface area contributed by atoms with Gasteiger partial charge in [0.2, 0.25) is 5.16 Å². The van der Waals surface area contributed by atoms with E-state index < -0.39 is 0 Å². The first-order valence-electron chi connectivity index (χ1n) is 3.60. The minimum Gasteiger partial charge on any atom is -0.399 e. The number of anilines is 1. The maximum Gasteiger partial charge on any atom is 0.211 e. The van der Waals surface area contributed by atoms with E-state index in [0.29, 0.717) is 10.8 Å². The second kappa shape index (κ2) is 3.06. The zero-order valence-corrected chi connectivity index (χ0v) is 7.52. The van der Waals surface area contributed by atoms with Gasteiger partial charge in [-0.15, -0.1) is 17.7 Å². The van der Waals surface area contributed by atoms with Crippen molar-refractivity contribution < 1.29 is 0 Å². The molecule has 0 saturated carbocycles. The number of nitrogen functional groups attached to an aromatic ring is 1. The van der Waals surface area contributed by atoms with Crippen molar-refractivity contribution in [2.24, 2.45) is 0 Å². The molecule has 0 aliphatic carbocycles. The molecule has 0 unspecified atom stereocenters. The fraction of sp³-hybridized carbons (Fsp3) is 0. The maximum atomic E-state index is 5.61. The van der Waals surface area contributed by atoms with Crippen molar-refractivity contribution in [1.29, 1.82) is 0 Å². The summed E-state index contributed by atoms with van der Waals surface area (Å²) in [5, 5.41) is 11.3. The van der Waals surface area contributed by atoms with E-state index in [1.807, 2.05) is 12.1 Å². The lowest BCUT2D eigenvalue weighted by Crippen LogP contribution is -1.98. The van der Waals surface area contributed by atoms with E-state index in [2.05, 4.69) is 28.2 Å². The van der Waals surface area contributed by atoms with E-state index >= 15 is 0 Å². The third-order valence-electron chi connectivity index (χ3n) is 1.57. The van der Waals surface area contributed by atoms with Gasteiger partial charge in [-0.05, 0) is 28.6 Å². The number of nitrogens with zero attached hydrogens (tertiary/aromatic N) is 4. The van der Waals surface area contributed by atoms with Crippen molar-refractivity contribution >= 4 is 18.3 Å². The molecular weight excluding hydrogens is 186 g/mol. The van der Waals surface area contributed by atoms with Crippen LogP contribution in [0.2, 0.25) is 0 Å². The van der Waals surface area contributed by atoms with Gasteiger partial charge in [0.1, 0.15) is 0 Å². The van der Waals surface area contributed by atoms with E-state index in [0.717, 1.165) is 5.69 Å². The summed E-state index contributed by atoms with van der Waals surface area (Å²) >= 11 is 4.08. The summed E-state index contributed by atoms with van der Waals surface area (Å²) in [5.74, 6) is 0. The highest BCUT2D eigenvalue weighted by Crippen LogP contribution is 2.12. The average molecular weight is 193 g/mol. The van der Waals surface area contributed by atoms with Crippen molar-refractivity contribution in [1.82, 2.24) is 20.2 Å². The van der Waals surface area contributed by atoms with Crippen LogP contribution in [-0.2, 0) is 0 Å². The third-order valence-corrected chi connectivity index (χ3v) is 1.85. The smallest absolute Gasteiger partial charge is 0.211 e. The lowest BCUT2D eigenvalue weighted by molar-refractivity contribution is 0.758. The Morgan fingerprint density at radius 3 is 2.85 bits per heavy atom. The fourth-order valence-electron chi connectivity index (χ4n) is 1.01. The number of tetrazole rings is 1. The Morgan fingerprint density at radius 1 is 1.38 bits per heavy atom. The molecule has 0 aliphatic rings. The first-order valence-corrected chi connectivity index (χ1v) is 4.05. The molecule has 0 radical (unpaired) electrons. The van der Waals surface area contributed by atoms with Gasteiger partial charge in [-0.3, -0.25) is 0 Å². The Morgan fingerprint density at radius 2 is 2.23 bits per heavy atom. The van der Waals surface area contributed by atoms with Crippen LogP contribution in [0, 0.1) is 0 Å². The molecule has 0 saturated heterocycles. The number of hydrogen-bond donors (Lipinski definition) is 2. The van der Waals surface area contributed by atoms with Crippen LogP contribution in [0.1, 0.15) is 0 Å². The first kappa shape index (κ1) is 8.06. The molecule has 0 bridgehead atoms. The Balaban J connectivity index is 2.53. The van der Waals surface area contributed by atoms with Gasteiger partial charge in [0.05, 0.1) is 5.69 Å². The van der Waals surface area contributed by atoms with Crippen molar-refractivity contribution in [2.75, 3.05) is 5.73 Å². The van der Waals surface area contributed by atoms with Crippen molar-refractivity contribution in [3.63, 3.8) is 0 Å². The zero-order valence-electron chi connectivity index (χ0n) is 6.62. The van der Waals surface area contributed by atoms with E-state index in [4.69, 9.17) is 5.73 Å². The van der Waals surface area contributed by atoms with Gasteiger partial charge in [-0.2, -0.15) is 4.68 Å². The fourth-order valence-corrected chi connectivity index (χ4v) is 1.20. The quantitative estimate of drug-likeness (QED) is 0.512. The Bertz CT molecular complexity index is 424. The van der Waals surface area contributed by atoms with Crippen LogP contribution in [0.3, 0.4) is 0 Å². The largest absolute Gasteiger partial charge is 0.399 e. The van der Waals surface area contributed by atoms with Gasteiger partial charge in [0, 0.05) is 5.69 Å². The van der Waals surface area contributed by atoms with E-state index in [1.54, 1.807) is 12.1 Å². The molecule has 2 aromatic rings. The first-order chi connectivity index (χ1) is 6.27. The molecular formula is C7H7N5S. The van der Waals surface area contributed by atoms with Crippen LogP contribution >= 0.6 is 12.6 Å². The van der Waals surface area contributed by atoms with Crippen molar-refractivity contribution in [3.05, 3.63) is 24.3 Å². The molecule has 0 amide bonds. The summed E-state index contributed by atoms with van der Waals surface area (Å²) < 4.78 is 1.50. The minimum absolute atomic E-state index is 0.436. The average Bonchev–Trinajstić information content (AvgIpc) is 2.51. The van der Waals surface area contributed by atoms with Crippen LogP contribution in [0.5, 0.6) is 0 Å². The number of benzene rings is 1. The Hall–Kier alpha value is -1.56. The van der Waals surface area contributed by atoms with Gasteiger partial charge in [-0.25, -0.2) is 0 Å². The molecule has 6 heteroatoms. The summed E-state index contributed by atoms with van der Waals surface area (Å²) in [7, 11) is 0. The van der Waals surface area contributed by atoms with Crippen molar-refractivity contribution in [2.45, 2.75) is 5.16 Å². The number of thiol groups is 1. The lowest BCUT2D eigenvalue weighted by Gasteiger charge is -2.00. The molecule has 1 aromatic heterocycles.